The van der Waals surface area contributed by atoms with E-state index in [-0.39, 0.29) is 30.3 Å². The Labute approximate surface area is 256 Å². The first kappa shape index (κ1) is 30.9. The number of carbonyl (C=O) groups excluding carboxylic acids is 3. The molecule has 3 amide bonds. The molecular formula is C30H30N8O7. The van der Waals surface area contributed by atoms with Crippen LogP contribution in [0.3, 0.4) is 0 Å². The maximum absolute atomic E-state index is 13.5. The smallest absolute Gasteiger partial charge is 0.271 e. The first-order valence-electron chi connectivity index (χ1n) is 14.1. The number of tetrazole rings is 1. The predicted octanol–water partition coefficient (Wildman–Crippen LogP) is 2.32. The average Bonchev–Trinajstić information content (AvgIpc) is 3.77. The number of non-ortho nitro benzene ring substituents is 1. The van der Waals surface area contributed by atoms with E-state index in [4.69, 9.17) is 4.74 Å². The molecule has 0 saturated carbocycles. The van der Waals surface area contributed by atoms with Gasteiger partial charge in [0.15, 0.2) is 6.10 Å². The van der Waals surface area contributed by atoms with Crippen LogP contribution in [0, 0.1) is 10.1 Å². The van der Waals surface area contributed by atoms with Gasteiger partial charge in [-0.15, -0.1) is 10.2 Å². The summed E-state index contributed by atoms with van der Waals surface area (Å²) in [6.07, 6.45) is -1.07. The number of nitrogens with one attached hydrogen (secondary N) is 3. The molecule has 0 radical (unpaired) electrons. The molecule has 0 unspecified atom stereocenters. The van der Waals surface area contributed by atoms with Gasteiger partial charge in [-0.3, -0.25) is 24.5 Å². The molecule has 5 rings (SSSR count). The number of hydrogen-bond acceptors (Lipinski definition) is 10. The number of amides is 3. The molecule has 15 nitrogen and oxygen atoms in total. The number of nitro benzene ring substituents is 1. The predicted molar refractivity (Wildman–Crippen MR) is 160 cm³/mol. The molecule has 1 aliphatic rings. The summed E-state index contributed by atoms with van der Waals surface area (Å²) in [5, 5.41) is 41.9. The Balaban J connectivity index is 1.39. The van der Waals surface area contributed by atoms with Crippen molar-refractivity contribution >= 4 is 29.1 Å². The minimum Gasteiger partial charge on any atom is -0.381 e. The number of H-pyrrole nitrogens is 1. The number of aromatic amines is 1. The van der Waals surface area contributed by atoms with Crippen molar-refractivity contribution in [2.45, 2.75) is 38.0 Å². The standard InChI is InChI=1S/C30H30N8O7/c1-2-23-16-45-17-37(23)30(42)21-12-20(14-24(15-21)38(43)44)28(40)32-25(11-18-7-4-3-5-8-18)26(39)29(41)31-22-10-6-9-19(13-22)27-33-35-36-34-27/h3-10,12-15,23,25-26,39H,2,11,16-17H2,1H3,(H,31,41)(H,32,40)(H,33,34,35,36)/t23-,25-,26-/m0/s1. The number of hydrogen-bond donors (Lipinski definition) is 4. The molecule has 2 heterocycles. The number of aliphatic hydroxyl groups excluding tert-OH is 1. The van der Waals surface area contributed by atoms with Gasteiger partial charge in [0.25, 0.3) is 23.4 Å². The highest BCUT2D eigenvalue weighted by atomic mass is 16.6. The van der Waals surface area contributed by atoms with E-state index in [1.165, 1.54) is 11.0 Å². The molecule has 4 aromatic rings. The van der Waals surface area contributed by atoms with Crippen LogP contribution < -0.4 is 10.6 Å². The lowest BCUT2D eigenvalue weighted by molar-refractivity contribution is -0.384. The highest BCUT2D eigenvalue weighted by Gasteiger charge is 2.32. The summed E-state index contributed by atoms with van der Waals surface area (Å²) in [5.41, 5.74) is 0.912. The monoisotopic (exact) mass is 614 g/mol. The Morgan fingerprint density at radius 3 is 2.60 bits per heavy atom. The van der Waals surface area contributed by atoms with Gasteiger partial charge in [-0.1, -0.05) is 49.4 Å². The summed E-state index contributed by atoms with van der Waals surface area (Å²) in [5.74, 6) is -1.83. The third-order valence-corrected chi connectivity index (χ3v) is 7.35. The zero-order valence-electron chi connectivity index (χ0n) is 24.1. The Hall–Kier alpha value is -5.54. The van der Waals surface area contributed by atoms with Gasteiger partial charge in [-0.05, 0) is 41.8 Å². The second-order valence-electron chi connectivity index (χ2n) is 10.4. The summed E-state index contributed by atoms with van der Waals surface area (Å²) < 4.78 is 5.40. The Morgan fingerprint density at radius 1 is 1.11 bits per heavy atom. The summed E-state index contributed by atoms with van der Waals surface area (Å²) in [4.78, 5) is 52.6. The van der Waals surface area contributed by atoms with Crippen molar-refractivity contribution in [1.82, 2.24) is 30.8 Å². The van der Waals surface area contributed by atoms with Crippen LogP contribution in [-0.4, -0.2) is 84.8 Å². The molecule has 0 bridgehead atoms. The SMILES string of the molecule is CC[C@H]1COCN1C(=O)c1cc(C(=O)N[C@@H](Cc2ccccc2)[C@H](O)C(=O)Nc2cccc(-c3nn[nH]n3)c2)cc([N+](=O)[O-])c1. The van der Waals surface area contributed by atoms with Crippen molar-refractivity contribution in [3.05, 3.63) is 99.6 Å². The van der Waals surface area contributed by atoms with Gasteiger partial charge in [0, 0.05) is 34.5 Å². The molecule has 0 spiro atoms. The van der Waals surface area contributed by atoms with Gasteiger partial charge in [0.05, 0.1) is 23.6 Å². The molecule has 1 aliphatic heterocycles. The molecule has 1 aromatic heterocycles. The van der Waals surface area contributed by atoms with E-state index in [0.717, 1.165) is 12.1 Å². The van der Waals surface area contributed by atoms with Crippen LogP contribution >= 0.6 is 0 Å². The number of carbonyl (C=O) groups is 3. The second kappa shape index (κ2) is 13.8. The van der Waals surface area contributed by atoms with Crippen LogP contribution in [-0.2, 0) is 16.0 Å². The fourth-order valence-corrected chi connectivity index (χ4v) is 4.96. The van der Waals surface area contributed by atoms with Gasteiger partial charge in [-0.25, -0.2) is 0 Å². The highest BCUT2D eigenvalue weighted by molar-refractivity contribution is 6.01. The van der Waals surface area contributed by atoms with Crippen LogP contribution in [0.4, 0.5) is 11.4 Å². The van der Waals surface area contributed by atoms with E-state index in [2.05, 4.69) is 31.3 Å². The molecule has 1 fully saturated rings. The van der Waals surface area contributed by atoms with E-state index in [1.54, 1.807) is 54.6 Å². The van der Waals surface area contributed by atoms with Crippen LogP contribution in [0.5, 0.6) is 0 Å². The zero-order valence-corrected chi connectivity index (χ0v) is 24.1. The topological polar surface area (TPSA) is 206 Å². The third-order valence-electron chi connectivity index (χ3n) is 7.35. The lowest BCUT2D eigenvalue weighted by Gasteiger charge is -2.24. The van der Waals surface area contributed by atoms with Crippen molar-refractivity contribution in [2.75, 3.05) is 18.7 Å². The molecule has 3 atom stereocenters. The molecule has 3 aromatic carbocycles. The minimum absolute atomic E-state index is 0.0278. The Morgan fingerprint density at radius 2 is 1.89 bits per heavy atom. The largest absolute Gasteiger partial charge is 0.381 e. The number of anilines is 1. The number of benzene rings is 3. The normalized spacial score (nSPS) is 15.7. The molecule has 15 heteroatoms. The molecular weight excluding hydrogens is 584 g/mol. The van der Waals surface area contributed by atoms with Crippen molar-refractivity contribution in [3.8, 4) is 11.4 Å². The van der Waals surface area contributed by atoms with E-state index < -0.39 is 40.5 Å². The van der Waals surface area contributed by atoms with Crippen molar-refractivity contribution in [2.24, 2.45) is 0 Å². The van der Waals surface area contributed by atoms with Gasteiger partial charge in [-0.2, -0.15) is 5.21 Å². The number of nitro groups is 1. The second-order valence-corrected chi connectivity index (χ2v) is 10.4. The van der Waals surface area contributed by atoms with Crippen LogP contribution in [0.2, 0.25) is 0 Å². The van der Waals surface area contributed by atoms with Gasteiger partial charge < -0.3 is 25.4 Å². The van der Waals surface area contributed by atoms with Crippen LogP contribution in [0.1, 0.15) is 39.6 Å². The third kappa shape index (κ3) is 7.34. The fourth-order valence-electron chi connectivity index (χ4n) is 4.96. The number of rotatable bonds is 11. The molecule has 232 valence electrons. The average molecular weight is 615 g/mol. The summed E-state index contributed by atoms with van der Waals surface area (Å²) in [6.45, 7) is 2.26. The molecule has 45 heavy (non-hydrogen) atoms. The first-order chi connectivity index (χ1) is 21.7. The van der Waals surface area contributed by atoms with E-state index in [1.807, 2.05) is 6.92 Å². The van der Waals surface area contributed by atoms with Crippen molar-refractivity contribution in [3.63, 3.8) is 0 Å². The van der Waals surface area contributed by atoms with Crippen LogP contribution in [0.15, 0.2) is 72.8 Å². The summed E-state index contributed by atoms with van der Waals surface area (Å²) in [7, 11) is 0. The van der Waals surface area contributed by atoms with E-state index >= 15 is 0 Å². The number of aromatic nitrogens is 4. The van der Waals surface area contributed by atoms with Gasteiger partial charge in [0.1, 0.15) is 6.73 Å². The van der Waals surface area contributed by atoms with E-state index in [9.17, 15) is 29.6 Å². The highest BCUT2D eigenvalue weighted by Crippen LogP contribution is 2.23. The zero-order chi connectivity index (χ0) is 31.9. The lowest BCUT2D eigenvalue weighted by Crippen LogP contribution is -2.50. The maximum Gasteiger partial charge on any atom is 0.271 e. The fraction of sp³-hybridized carbons (Fsp3) is 0.267. The van der Waals surface area contributed by atoms with Gasteiger partial charge >= 0.3 is 0 Å². The minimum atomic E-state index is -1.74. The molecule has 0 aliphatic carbocycles. The summed E-state index contributed by atoms with van der Waals surface area (Å²) in [6, 6.07) is 17.5. The Kier molecular flexibility index (Phi) is 9.50. The lowest BCUT2D eigenvalue weighted by atomic mass is 9.99. The number of aliphatic hydroxyl groups is 1. The first-order valence-corrected chi connectivity index (χ1v) is 14.1. The van der Waals surface area contributed by atoms with Crippen molar-refractivity contribution < 1.29 is 29.2 Å². The number of ether oxygens (including phenoxy) is 1. The summed E-state index contributed by atoms with van der Waals surface area (Å²) >= 11 is 0. The number of nitrogens with zero attached hydrogens (tertiary/aromatic N) is 5. The Bertz CT molecular complexity index is 1680. The van der Waals surface area contributed by atoms with Gasteiger partial charge in [0.2, 0.25) is 5.82 Å². The molecule has 4 N–H and O–H groups in total. The molecule has 1 saturated heterocycles. The quantitative estimate of drug-likeness (QED) is 0.143. The van der Waals surface area contributed by atoms with Crippen molar-refractivity contribution in [1.29, 1.82) is 0 Å². The maximum atomic E-state index is 13.5. The van der Waals surface area contributed by atoms with E-state index in [0.29, 0.717) is 35.7 Å². The van der Waals surface area contributed by atoms with Crippen LogP contribution in [0.25, 0.3) is 11.4 Å².